The number of hydrogen-bond acceptors (Lipinski definition) is 1. The largest absolute Gasteiger partial charge is 1.00 e. The molecule has 2 aromatic rings. The number of phenols is 1. The Kier molecular flexibility index (Phi) is 4.19. The summed E-state index contributed by atoms with van der Waals surface area (Å²) in [6, 6.07) is 14.3. The molecule has 0 fully saturated rings. The van der Waals surface area contributed by atoms with Crippen LogP contribution in [0.1, 0.15) is 22.6 Å². The Balaban J connectivity index is 0.00000133. The van der Waals surface area contributed by atoms with Gasteiger partial charge in [0, 0.05) is 6.42 Å². The van der Waals surface area contributed by atoms with Crippen LogP contribution in [0.5, 0.6) is 5.75 Å². The predicted octanol–water partition coefficient (Wildman–Crippen LogP) is -0.652. The Morgan fingerprint density at radius 2 is 1.84 bits per heavy atom. The lowest BCUT2D eigenvalue weighted by atomic mass is 9.90. The van der Waals surface area contributed by atoms with Crippen molar-refractivity contribution in [1.82, 2.24) is 0 Å². The van der Waals surface area contributed by atoms with Crippen molar-refractivity contribution in [2.45, 2.75) is 18.4 Å². The number of rotatable bonds is 1. The average molecular weight is 341 g/mol. The fourth-order valence-corrected chi connectivity index (χ4v) is 3.03. The molecule has 0 heterocycles. The first-order valence-corrected chi connectivity index (χ1v) is 6.44. The molecule has 0 saturated heterocycles. The SMILES string of the molecule is [Br-].[NH3+][C@@H]1Cc2cc(O)c(Cl)cc2[C@H]1c1ccccc1. The molecule has 0 spiro atoms. The summed E-state index contributed by atoms with van der Waals surface area (Å²) in [4.78, 5) is 0. The lowest BCUT2D eigenvalue weighted by molar-refractivity contribution is -0.420. The lowest BCUT2D eigenvalue weighted by Gasteiger charge is -2.15. The van der Waals surface area contributed by atoms with E-state index in [2.05, 4.69) is 17.9 Å². The van der Waals surface area contributed by atoms with Gasteiger partial charge in [-0.3, -0.25) is 0 Å². The fourth-order valence-electron chi connectivity index (χ4n) is 2.85. The van der Waals surface area contributed by atoms with Crippen LogP contribution < -0.4 is 22.7 Å². The number of aromatic hydroxyl groups is 1. The molecule has 2 atom stereocenters. The number of fused-ring (bicyclic) bond motifs is 1. The van der Waals surface area contributed by atoms with Crippen molar-refractivity contribution in [3.8, 4) is 5.75 Å². The molecular weight excluding hydrogens is 326 g/mol. The molecule has 3 rings (SSSR count). The molecule has 4 N–H and O–H groups in total. The lowest BCUT2D eigenvalue weighted by Crippen LogP contribution is -3.00. The molecule has 1 aliphatic carbocycles. The number of benzene rings is 2. The quantitative estimate of drug-likeness (QED) is 0.712. The minimum atomic E-state index is 0. The minimum Gasteiger partial charge on any atom is -1.00 e. The van der Waals surface area contributed by atoms with Gasteiger partial charge in [0.05, 0.1) is 17.0 Å². The van der Waals surface area contributed by atoms with Crippen LogP contribution >= 0.6 is 11.6 Å². The van der Waals surface area contributed by atoms with Crippen LogP contribution in [0.3, 0.4) is 0 Å². The van der Waals surface area contributed by atoms with Crippen molar-refractivity contribution in [2.24, 2.45) is 0 Å². The monoisotopic (exact) mass is 339 g/mol. The van der Waals surface area contributed by atoms with Crippen LogP contribution in [-0.2, 0) is 6.42 Å². The normalized spacial score (nSPS) is 20.7. The number of phenolic OH excluding ortho intramolecular Hbond substituents is 1. The molecule has 0 amide bonds. The Morgan fingerprint density at radius 1 is 1.16 bits per heavy atom. The maximum absolute atomic E-state index is 9.67. The Bertz CT molecular complexity index is 588. The smallest absolute Gasteiger partial charge is 0.134 e. The van der Waals surface area contributed by atoms with Gasteiger partial charge in [0.1, 0.15) is 5.75 Å². The summed E-state index contributed by atoms with van der Waals surface area (Å²) in [5.74, 6) is 0.440. The van der Waals surface area contributed by atoms with Gasteiger partial charge in [-0.25, -0.2) is 0 Å². The molecule has 0 bridgehead atoms. The average Bonchev–Trinajstić information content (AvgIpc) is 2.66. The highest BCUT2D eigenvalue weighted by Crippen LogP contribution is 2.40. The highest BCUT2D eigenvalue weighted by molar-refractivity contribution is 6.32. The standard InChI is InChI=1S/C15H14ClNO.BrH/c16-12-8-11-10(7-14(12)18)6-13(17)15(11)9-4-2-1-3-5-9;/h1-5,7-8,13,15,18H,6,17H2;1H/t13-,15-;/m1./s1. The van der Waals surface area contributed by atoms with Crippen molar-refractivity contribution in [3.63, 3.8) is 0 Å². The molecule has 0 aliphatic heterocycles. The number of halogens is 2. The molecule has 0 saturated carbocycles. The van der Waals surface area contributed by atoms with E-state index in [4.69, 9.17) is 11.6 Å². The van der Waals surface area contributed by atoms with Crippen molar-refractivity contribution in [3.05, 3.63) is 64.2 Å². The summed E-state index contributed by atoms with van der Waals surface area (Å²) in [7, 11) is 0. The maximum atomic E-state index is 9.67. The maximum Gasteiger partial charge on any atom is 0.134 e. The summed E-state index contributed by atoms with van der Waals surface area (Å²) in [5.41, 5.74) is 7.86. The Hall–Kier alpha value is -1.03. The van der Waals surface area contributed by atoms with Gasteiger partial charge in [-0.2, -0.15) is 0 Å². The summed E-state index contributed by atoms with van der Waals surface area (Å²) in [6.07, 6.45) is 0.889. The molecule has 4 heteroatoms. The fraction of sp³-hybridized carbons (Fsp3) is 0.200. The van der Waals surface area contributed by atoms with E-state index in [9.17, 15) is 5.11 Å². The molecule has 0 radical (unpaired) electrons. The predicted molar refractivity (Wildman–Crippen MR) is 71.8 cm³/mol. The molecule has 0 unspecified atom stereocenters. The van der Waals surface area contributed by atoms with Crippen molar-refractivity contribution < 1.29 is 27.8 Å². The van der Waals surface area contributed by atoms with Gasteiger partial charge in [0.2, 0.25) is 0 Å². The zero-order valence-corrected chi connectivity index (χ0v) is 12.7. The minimum absolute atomic E-state index is 0. The second-order valence-electron chi connectivity index (χ2n) is 4.85. The molecule has 0 aromatic heterocycles. The molecule has 2 nitrogen and oxygen atoms in total. The van der Waals surface area contributed by atoms with Gasteiger partial charge in [-0.05, 0) is 28.8 Å². The summed E-state index contributed by atoms with van der Waals surface area (Å²) in [5, 5.41) is 10.1. The van der Waals surface area contributed by atoms with Crippen LogP contribution in [-0.4, -0.2) is 11.1 Å². The molecule has 19 heavy (non-hydrogen) atoms. The second-order valence-corrected chi connectivity index (χ2v) is 5.26. The van der Waals surface area contributed by atoms with E-state index in [1.807, 2.05) is 24.3 Å². The second kappa shape index (κ2) is 5.53. The van der Waals surface area contributed by atoms with Gasteiger partial charge >= 0.3 is 0 Å². The third kappa shape index (κ3) is 2.50. The van der Waals surface area contributed by atoms with E-state index in [-0.39, 0.29) is 28.6 Å². The van der Waals surface area contributed by atoms with Crippen molar-refractivity contribution >= 4 is 11.6 Å². The highest BCUT2D eigenvalue weighted by atomic mass is 79.9. The highest BCUT2D eigenvalue weighted by Gasteiger charge is 2.34. The van der Waals surface area contributed by atoms with Gasteiger partial charge in [0.15, 0.2) is 0 Å². The van der Waals surface area contributed by atoms with E-state index in [0.29, 0.717) is 11.1 Å². The Labute approximate surface area is 128 Å². The van der Waals surface area contributed by atoms with Crippen molar-refractivity contribution in [2.75, 3.05) is 0 Å². The third-order valence-corrected chi connectivity index (χ3v) is 3.96. The zero-order valence-electron chi connectivity index (χ0n) is 10.3. The first kappa shape index (κ1) is 14.4. The Morgan fingerprint density at radius 3 is 2.53 bits per heavy atom. The first-order valence-electron chi connectivity index (χ1n) is 6.06. The molecular formula is C15H15BrClNO. The summed E-state index contributed by atoms with van der Waals surface area (Å²) < 4.78 is 0. The molecule has 1 aliphatic rings. The first-order chi connectivity index (χ1) is 8.66. The van der Waals surface area contributed by atoms with Gasteiger partial charge in [-0.1, -0.05) is 41.9 Å². The zero-order chi connectivity index (χ0) is 12.7. The molecule has 100 valence electrons. The summed E-state index contributed by atoms with van der Waals surface area (Å²) >= 11 is 6.02. The van der Waals surface area contributed by atoms with E-state index >= 15 is 0 Å². The summed E-state index contributed by atoms with van der Waals surface area (Å²) in [6.45, 7) is 0. The van der Waals surface area contributed by atoms with Gasteiger partial charge < -0.3 is 27.8 Å². The van der Waals surface area contributed by atoms with Crippen LogP contribution in [0, 0.1) is 0 Å². The molecule has 2 aromatic carbocycles. The van der Waals surface area contributed by atoms with E-state index in [0.717, 1.165) is 12.0 Å². The van der Waals surface area contributed by atoms with Gasteiger partial charge in [0.25, 0.3) is 0 Å². The topological polar surface area (TPSA) is 47.9 Å². The van der Waals surface area contributed by atoms with Gasteiger partial charge in [-0.15, -0.1) is 0 Å². The van der Waals surface area contributed by atoms with Crippen LogP contribution in [0.25, 0.3) is 0 Å². The third-order valence-electron chi connectivity index (χ3n) is 3.66. The number of hydrogen-bond donors (Lipinski definition) is 2. The van der Waals surface area contributed by atoms with Crippen LogP contribution in [0.15, 0.2) is 42.5 Å². The van der Waals surface area contributed by atoms with E-state index < -0.39 is 0 Å². The van der Waals surface area contributed by atoms with Crippen LogP contribution in [0.2, 0.25) is 5.02 Å². The number of quaternary nitrogens is 1. The van der Waals surface area contributed by atoms with E-state index in [1.165, 1.54) is 11.1 Å². The van der Waals surface area contributed by atoms with Crippen LogP contribution in [0.4, 0.5) is 0 Å². The van der Waals surface area contributed by atoms with E-state index in [1.54, 1.807) is 6.07 Å². The van der Waals surface area contributed by atoms with Crippen molar-refractivity contribution in [1.29, 1.82) is 0 Å².